The van der Waals surface area contributed by atoms with E-state index < -0.39 is 88.2 Å². The van der Waals surface area contributed by atoms with Crippen molar-refractivity contribution in [3.05, 3.63) is 82.9 Å². The average Bonchev–Trinajstić information content (AvgIpc) is 3.39. The van der Waals surface area contributed by atoms with Gasteiger partial charge in [-0.25, -0.2) is 4.79 Å². The number of phenolic OH excluding ortho intramolecular Hbond substituents is 1. The van der Waals surface area contributed by atoms with Crippen LogP contribution in [0.4, 0.5) is 10.5 Å². The summed E-state index contributed by atoms with van der Waals surface area (Å²) in [5.41, 5.74) is 6.04. The summed E-state index contributed by atoms with van der Waals surface area (Å²) in [6.45, 7) is 1.58. The Morgan fingerprint density at radius 3 is 2.10 bits per heavy atom. The Morgan fingerprint density at radius 1 is 0.920 bits per heavy atom. The number of nitrogens with one attached hydrogen (secondary N) is 1. The minimum absolute atomic E-state index is 0.0197. The zero-order valence-electron chi connectivity index (χ0n) is 27.3. The van der Waals surface area contributed by atoms with Crippen molar-refractivity contribution in [1.82, 2.24) is 4.90 Å². The van der Waals surface area contributed by atoms with Crippen LogP contribution in [0.25, 0.3) is 11.1 Å². The molecule has 8 atom stereocenters. The summed E-state index contributed by atoms with van der Waals surface area (Å²) in [4.78, 5) is 81.8. The van der Waals surface area contributed by atoms with Crippen LogP contribution in [0, 0.1) is 23.7 Å². The van der Waals surface area contributed by atoms with Crippen LogP contribution in [0.3, 0.4) is 0 Å². The van der Waals surface area contributed by atoms with E-state index in [4.69, 9.17) is 10.5 Å². The number of nitrogens with two attached hydrogens (primary N) is 1. The molecule has 0 aromatic heterocycles. The molecule has 2 unspecified atom stereocenters. The predicted octanol–water partition coefficient (Wildman–Crippen LogP) is 1.76. The average molecular weight is 682 g/mol. The molecular formula is C37H35N3O10. The molecular weight excluding hydrogens is 646 g/mol. The molecule has 2 saturated carbocycles. The molecule has 0 aliphatic heterocycles. The predicted molar refractivity (Wildman–Crippen MR) is 176 cm³/mol. The van der Waals surface area contributed by atoms with Gasteiger partial charge in [-0.3, -0.25) is 34.2 Å². The standard InChI is InChI=1S/C37H35N3O10/c1-15-16-12-13-22(39-36(48)50-14-21-19-10-6-4-8-17(19)18-9-5-7-11-20(18)21)29(41)24(16)30(42)25-23(15)31(43)27-28(40(2)3)32(44)26(35(38)47)34(46)37(27,49)33(25)45/h4-13,15,21,23,25-28,31,41,43,49H,14H2,1-3H3,(H2,38,47)(H,39,48)/t15-,23+,25?,26?,27+,28-,31-,37-/m0/s1. The zero-order chi connectivity index (χ0) is 36.0. The topological polar surface area (TPSA) is 214 Å². The molecule has 2 amide bonds. The van der Waals surface area contributed by atoms with Crippen molar-refractivity contribution >= 4 is 40.8 Å². The Kier molecular flexibility index (Phi) is 7.77. The molecule has 7 rings (SSSR count). The summed E-state index contributed by atoms with van der Waals surface area (Å²) in [7, 11) is 2.85. The van der Waals surface area contributed by atoms with E-state index in [2.05, 4.69) is 5.32 Å². The number of hydrogen-bond acceptors (Lipinski definition) is 11. The van der Waals surface area contributed by atoms with E-state index in [-0.39, 0.29) is 29.3 Å². The summed E-state index contributed by atoms with van der Waals surface area (Å²) in [6.07, 6.45) is -2.66. The molecule has 50 heavy (non-hydrogen) atoms. The van der Waals surface area contributed by atoms with Crippen LogP contribution in [0.1, 0.15) is 45.8 Å². The smallest absolute Gasteiger partial charge is 0.411 e. The number of nitrogens with zero attached hydrogens (tertiary/aromatic N) is 1. The monoisotopic (exact) mass is 681 g/mol. The molecule has 0 bridgehead atoms. The lowest BCUT2D eigenvalue weighted by atomic mass is 9.49. The van der Waals surface area contributed by atoms with Crippen molar-refractivity contribution in [2.75, 3.05) is 26.0 Å². The van der Waals surface area contributed by atoms with Gasteiger partial charge >= 0.3 is 6.09 Å². The first-order valence-corrected chi connectivity index (χ1v) is 16.2. The molecule has 0 radical (unpaired) electrons. The number of Topliss-reactive ketones (excluding diaryl/α,β-unsaturated/α-hetero) is 4. The second-order valence-electron chi connectivity index (χ2n) is 13.7. The number of likely N-dealkylation sites (N-methyl/N-ethyl adjacent to an activating group) is 1. The Morgan fingerprint density at radius 2 is 1.52 bits per heavy atom. The number of aromatic hydroxyl groups is 1. The lowest BCUT2D eigenvalue weighted by molar-refractivity contribution is -0.196. The quantitative estimate of drug-likeness (QED) is 0.193. The van der Waals surface area contributed by atoms with E-state index >= 15 is 0 Å². The van der Waals surface area contributed by atoms with Crippen molar-refractivity contribution in [2.45, 2.75) is 36.5 Å². The summed E-state index contributed by atoms with van der Waals surface area (Å²) < 4.78 is 5.59. The maximum absolute atomic E-state index is 14.2. The third-order valence-electron chi connectivity index (χ3n) is 11.1. The number of benzene rings is 3. The Labute approximate surface area is 286 Å². The first kappa shape index (κ1) is 33.3. The van der Waals surface area contributed by atoms with Crippen LogP contribution >= 0.6 is 0 Å². The highest BCUT2D eigenvalue weighted by Gasteiger charge is 2.73. The molecule has 4 aliphatic carbocycles. The minimum Gasteiger partial charge on any atom is -0.505 e. The zero-order valence-corrected chi connectivity index (χ0v) is 27.3. The minimum atomic E-state index is -3.11. The maximum atomic E-state index is 14.2. The molecule has 258 valence electrons. The molecule has 4 aliphatic rings. The largest absolute Gasteiger partial charge is 0.505 e. The van der Waals surface area contributed by atoms with Crippen LogP contribution in [-0.2, 0) is 23.9 Å². The number of primary amides is 1. The molecule has 0 spiro atoms. The first-order chi connectivity index (χ1) is 23.7. The van der Waals surface area contributed by atoms with E-state index in [1.54, 1.807) is 6.92 Å². The van der Waals surface area contributed by atoms with Gasteiger partial charge in [-0.2, -0.15) is 0 Å². The van der Waals surface area contributed by atoms with Crippen LogP contribution in [0.2, 0.25) is 0 Å². The fraction of sp³-hybridized carbons (Fsp3) is 0.351. The number of phenols is 1. The highest BCUT2D eigenvalue weighted by atomic mass is 16.5. The molecule has 0 heterocycles. The van der Waals surface area contributed by atoms with Gasteiger partial charge in [0.05, 0.1) is 35.2 Å². The van der Waals surface area contributed by atoms with E-state index in [1.807, 2.05) is 48.5 Å². The third kappa shape index (κ3) is 4.50. The number of carbonyl (C=O) groups excluding carboxylic acids is 6. The second kappa shape index (κ2) is 11.7. The molecule has 6 N–H and O–H groups in total. The summed E-state index contributed by atoms with van der Waals surface area (Å²) in [6, 6.07) is 17.0. The van der Waals surface area contributed by atoms with Gasteiger partial charge in [0.25, 0.3) is 0 Å². The van der Waals surface area contributed by atoms with Gasteiger partial charge in [-0.05, 0) is 53.9 Å². The van der Waals surface area contributed by atoms with Gasteiger partial charge in [0, 0.05) is 11.8 Å². The van der Waals surface area contributed by atoms with Gasteiger partial charge in [-0.15, -0.1) is 0 Å². The number of rotatable bonds is 5. The fourth-order valence-electron chi connectivity index (χ4n) is 8.83. The lowest BCUT2D eigenvalue weighted by Crippen LogP contribution is -2.77. The Hall–Kier alpha value is -5.24. The van der Waals surface area contributed by atoms with E-state index in [0.717, 1.165) is 22.3 Å². The normalized spacial score (nSPS) is 29.8. The van der Waals surface area contributed by atoms with Gasteiger partial charge in [-0.1, -0.05) is 61.5 Å². The van der Waals surface area contributed by atoms with Crippen LogP contribution in [-0.4, -0.2) is 93.8 Å². The van der Waals surface area contributed by atoms with Crippen molar-refractivity contribution in [1.29, 1.82) is 0 Å². The fourth-order valence-corrected chi connectivity index (χ4v) is 8.83. The SMILES string of the molecule is C[C@H]1c2ccc(NC(=O)OCC3c4ccccc4-c4ccccc43)c(O)c2C(=O)C2C(=O)[C@]3(O)C(=O)C(C(N)=O)C(=O)[C@@H](N(C)C)[C@@H]3[C@@H](O)[C@@H]21. The summed E-state index contributed by atoms with van der Waals surface area (Å²) >= 11 is 0. The molecule has 0 saturated heterocycles. The highest BCUT2D eigenvalue weighted by molar-refractivity contribution is 6.32. The van der Waals surface area contributed by atoms with Crippen molar-refractivity contribution in [3.63, 3.8) is 0 Å². The molecule has 3 aromatic carbocycles. The molecule has 2 fully saturated rings. The van der Waals surface area contributed by atoms with Gasteiger partial charge in [0.15, 0.2) is 34.7 Å². The number of amides is 2. The highest BCUT2D eigenvalue weighted by Crippen LogP contribution is 2.55. The second-order valence-corrected chi connectivity index (χ2v) is 13.7. The van der Waals surface area contributed by atoms with Crippen LogP contribution in [0.15, 0.2) is 60.7 Å². The third-order valence-corrected chi connectivity index (χ3v) is 11.1. The van der Waals surface area contributed by atoms with Crippen molar-refractivity contribution in [2.24, 2.45) is 29.4 Å². The lowest BCUT2D eigenvalue weighted by Gasteiger charge is -2.56. The number of ether oxygens (including phenoxy) is 1. The number of fused-ring (bicyclic) bond motifs is 6. The maximum Gasteiger partial charge on any atom is 0.411 e. The van der Waals surface area contributed by atoms with Gasteiger partial charge < -0.3 is 25.8 Å². The van der Waals surface area contributed by atoms with Crippen LogP contribution in [0.5, 0.6) is 5.75 Å². The van der Waals surface area contributed by atoms with Crippen LogP contribution < -0.4 is 11.1 Å². The molecule has 13 heteroatoms. The van der Waals surface area contributed by atoms with Gasteiger partial charge in [0.1, 0.15) is 12.4 Å². The number of anilines is 1. The number of aliphatic hydroxyl groups excluding tert-OH is 1. The molecule has 13 nitrogen and oxygen atoms in total. The van der Waals surface area contributed by atoms with E-state index in [0.29, 0.717) is 0 Å². The Balaban J connectivity index is 1.18. The number of ketones is 4. The number of hydrogen-bond donors (Lipinski definition) is 5. The van der Waals surface area contributed by atoms with Gasteiger partial charge in [0.2, 0.25) is 5.91 Å². The van der Waals surface area contributed by atoms with E-state index in [9.17, 15) is 44.1 Å². The number of carbonyl (C=O) groups is 6. The number of aliphatic hydroxyl groups is 2. The van der Waals surface area contributed by atoms with Crippen molar-refractivity contribution in [3.8, 4) is 16.9 Å². The first-order valence-electron chi connectivity index (χ1n) is 16.2. The summed E-state index contributed by atoms with van der Waals surface area (Å²) in [5, 5.41) is 37.4. The van der Waals surface area contributed by atoms with Crippen molar-refractivity contribution < 1.29 is 48.8 Å². The summed E-state index contributed by atoms with van der Waals surface area (Å²) in [5.74, 6) is -14.8. The van der Waals surface area contributed by atoms with E-state index in [1.165, 1.54) is 31.1 Å². The Bertz CT molecular complexity index is 1980. The molecule has 3 aromatic rings.